The molecule has 2 heteroatoms. The van der Waals surface area contributed by atoms with Crippen LogP contribution in [0.2, 0.25) is 0 Å². The average molecular weight is 232 g/mol. The molecule has 0 heterocycles. The van der Waals surface area contributed by atoms with Crippen molar-refractivity contribution in [3.8, 4) is 0 Å². The topological polar surface area (TPSA) is 26.3 Å². The fourth-order valence-electron chi connectivity index (χ4n) is 3.98. The van der Waals surface area contributed by atoms with Crippen molar-refractivity contribution in [3.05, 3.63) is 23.8 Å². The van der Waals surface area contributed by atoms with E-state index in [2.05, 4.69) is 19.6 Å². The van der Waals surface area contributed by atoms with Crippen LogP contribution in [-0.2, 0) is 9.53 Å². The van der Waals surface area contributed by atoms with Crippen LogP contribution >= 0.6 is 0 Å². The first kappa shape index (κ1) is 11.1. The smallest absolute Gasteiger partial charge is 0.333 e. The number of carbonyl (C=O) groups is 1. The van der Waals surface area contributed by atoms with Crippen LogP contribution in [0, 0.1) is 17.8 Å². The fourth-order valence-corrected chi connectivity index (χ4v) is 3.98. The maximum absolute atomic E-state index is 11.8. The van der Waals surface area contributed by atoms with Crippen molar-refractivity contribution >= 4 is 5.97 Å². The van der Waals surface area contributed by atoms with Crippen molar-refractivity contribution in [2.24, 2.45) is 17.8 Å². The molecule has 2 unspecified atom stereocenters. The summed E-state index contributed by atoms with van der Waals surface area (Å²) >= 11 is 0. The first-order chi connectivity index (χ1) is 7.99. The number of ether oxygens (including phenoxy) is 1. The third-order valence-corrected chi connectivity index (χ3v) is 4.95. The van der Waals surface area contributed by atoms with Gasteiger partial charge in [0, 0.05) is 17.4 Å². The Hall–Kier alpha value is -1.05. The highest BCUT2D eigenvalue weighted by molar-refractivity contribution is 5.87. The van der Waals surface area contributed by atoms with E-state index in [1.165, 1.54) is 12.8 Å². The molecule has 4 rings (SSSR count). The van der Waals surface area contributed by atoms with Crippen LogP contribution in [-0.4, -0.2) is 11.6 Å². The monoisotopic (exact) mass is 232 g/mol. The van der Waals surface area contributed by atoms with Gasteiger partial charge in [0.1, 0.15) is 5.60 Å². The van der Waals surface area contributed by atoms with Gasteiger partial charge >= 0.3 is 5.97 Å². The second-order valence-electron chi connectivity index (χ2n) is 6.21. The van der Waals surface area contributed by atoms with Gasteiger partial charge in [-0.05, 0) is 45.4 Å². The number of rotatable bonds is 2. The molecule has 2 saturated carbocycles. The molecule has 0 aromatic rings. The molecule has 0 aromatic heterocycles. The lowest BCUT2D eigenvalue weighted by molar-refractivity contribution is -0.180. The summed E-state index contributed by atoms with van der Waals surface area (Å²) in [7, 11) is 0. The Morgan fingerprint density at radius 1 is 1.41 bits per heavy atom. The minimum Gasteiger partial charge on any atom is -0.455 e. The highest BCUT2D eigenvalue weighted by Gasteiger charge is 2.54. The molecule has 17 heavy (non-hydrogen) atoms. The van der Waals surface area contributed by atoms with E-state index in [0.717, 1.165) is 18.8 Å². The van der Waals surface area contributed by atoms with Crippen LogP contribution in [0.5, 0.6) is 0 Å². The SMILES string of the molecule is C=C(C)C(=O)OC1(C)C2CC3=CC(C2)CC1C3. The van der Waals surface area contributed by atoms with Crippen molar-refractivity contribution in [2.45, 2.75) is 45.1 Å². The van der Waals surface area contributed by atoms with Crippen molar-refractivity contribution in [3.63, 3.8) is 0 Å². The first-order valence-electron chi connectivity index (χ1n) is 6.57. The molecule has 0 saturated heterocycles. The zero-order valence-corrected chi connectivity index (χ0v) is 10.7. The molecule has 4 aliphatic rings. The quantitative estimate of drug-likeness (QED) is 0.415. The number of esters is 1. The molecule has 0 spiro atoms. The Morgan fingerprint density at radius 2 is 2.00 bits per heavy atom. The molecule has 0 amide bonds. The molecule has 4 bridgehead atoms. The summed E-state index contributed by atoms with van der Waals surface area (Å²) < 4.78 is 5.81. The first-order valence-corrected chi connectivity index (χ1v) is 6.57. The third kappa shape index (κ3) is 1.57. The summed E-state index contributed by atoms with van der Waals surface area (Å²) in [6.45, 7) is 7.55. The standard InChI is InChI=1S/C15H20O2/c1-9(2)14(16)17-15(3)12-5-10-4-11(7-12)8-13(15)6-10/h4,10,12-13H,1,5-8H2,2-3H3. The lowest BCUT2D eigenvalue weighted by Crippen LogP contribution is -2.55. The van der Waals surface area contributed by atoms with E-state index >= 15 is 0 Å². The van der Waals surface area contributed by atoms with E-state index in [9.17, 15) is 4.79 Å². The summed E-state index contributed by atoms with van der Waals surface area (Å²) in [6, 6.07) is 0. The second kappa shape index (κ2) is 3.47. The molecule has 0 N–H and O–H groups in total. The number of carbonyl (C=O) groups excluding carboxylic acids is 1. The maximum Gasteiger partial charge on any atom is 0.333 e. The highest BCUT2D eigenvalue weighted by Crippen LogP contribution is 2.56. The summed E-state index contributed by atoms with van der Waals surface area (Å²) in [5.41, 5.74) is 1.87. The summed E-state index contributed by atoms with van der Waals surface area (Å²) in [6.07, 6.45) is 7.12. The molecule has 0 radical (unpaired) electrons. The summed E-state index contributed by atoms with van der Waals surface area (Å²) in [4.78, 5) is 11.8. The number of hydrogen-bond acceptors (Lipinski definition) is 2. The van der Waals surface area contributed by atoms with E-state index in [1.54, 1.807) is 12.5 Å². The lowest BCUT2D eigenvalue weighted by Gasteiger charge is -2.55. The van der Waals surface area contributed by atoms with Gasteiger partial charge in [0.05, 0.1) is 0 Å². The zero-order valence-electron chi connectivity index (χ0n) is 10.7. The summed E-state index contributed by atoms with van der Waals surface area (Å²) in [5.74, 6) is 1.60. The zero-order chi connectivity index (χ0) is 12.2. The van der Waals surface area contributed by atoms with Gasteiger partial charge in [-0.15, -0.1) is 0 Å². The van der Waals surface area contributed by atoms with Gasteiger partial charge < -0.3 is 4.74 Å². The molecule has 2 nitrogen and oxygen atoms in total. The van der Waals surface area contributed by atoms with Gasteiger partial charge in [0.2, 0.25) is 0 Å². The molecular formula is C15H20O2. The van der Waals surface area contributed by atoms with E-state index in [0.29, 0.717) is 17.4 Å². The van der Waals surface area contributed by atoms with Crippen LogP contribution in [0.1, 0.15) is 39.5 Å². The van der Waals surface area contributed by atoms with Crippen LogP contribution < -0.4 is 0 Å². The Kier molecular flexibility index (Phi) is 2.26. The van der Waals surface area contributed by atoms with Crippen molar-refractivity contribution in [1.82, 2.24) is 0 Å². The van der Waals surface area contributed by atoms with Crippen LogP contribution in [0.4, 0.5) is 0 Å². The molecule has 92 valence electrons. The number of hydrogen-bond donors (Lipinski definition) is 0. The number of allylic oxidation sites excluding steroid dienone is 2. The van der Waals surface area contributed by atoms with E-state index in [1.807, 2.05) is 0 Å². The maximum atomic E-state index is 11.8. The molecular weight excluding hydrogens is 212 g/mol. The van der Waals surface area contributed by atoms with Crippen LogP contribution in [0.25, 0.3) is 0 Å². The van der Waals surface area contributed by atoms with Crippen molar-refractivity contribution in [1.29, 1.82) is 0 Å². The predicted octanol–water partition coefficient (Wildman–Crippen LogP) is 3.24. The van der Waals surface area contributed by atoms with Gasteiger partial charge in [-0.2, -0.15) is 0 Å². The molecule has 0 aliphatic heterocycles. The molecule has 2 fully saturated rings. The third-order valence-electron chi connectivity index (χ3n) is 4.95. The molecule has 0 aromatic carbocycles. The van der Waals surface area contributed by atoms with E-state index < -0.39 is 0 Å². The van der Waals surface area contributed by atoms with Crippen molar-refractivity contribution in [2.75, 3.05) is 0 Å². The van der Waals surface area contributed by atoms with Gasteiger partial charge in [-0.25, -0.2) is 4.79 Å². The predicted molar refractivity (Wildman–Crippen MR) is 66.3 cm³/mol. The molecule has 4 aliphatic carbocycles. The second-order valence-corrected chi connectivity index (χ2v) is 6.21. The fraction of sp³-hybridized carbons (Fsp3) is 0.667. The minimum absolute atomic E-state index is 0.214. The van der Waals surface area contributed by atoms with Crippen molar-refractivity contribution < 1.29 is 9.53 Å². The Labute approximate surface area is 103 Å². The highest BCUT2D eigenvalue weighted by atomic mass is 16.6. The Bertz CT molecular complexity index is 401. The molecule has 2 atom stereocenters. The Morgan fingerprint density at radius 3 is 2.47 bits per heavy atom. The van der Waals surface area contributed by atoms with Gasteiger partial charge in [0.25, 0.3) is 0 Å². The van der Waals surface area contributed by atoms with E-state index in [-0.39, 0.29) is 11.6 Å². The largest absolute Gasteiger partial charge is 0.455 e. The summed E-state index contributed by atoms with van der Waals surface area (Å²) in [5, 5.41) is 0. The van der Waals surface area contributed by atoms with Crippen LogP contribution in [0.15, 0.2) is 23.8 Å². The average Bonchev–Trinajstić information content (AvgIpc) is 2.25. The van der Waals surface area contributed by atoms with Gasteiger partial charge in [-0.1, -0.05) is 18.2 Å². The van der Waals surface area contributed by atoms with Gasteiger partial charge in [-0.3, -0.25) is 0 Å². The van der Waals surface area contributed by atoms with Crippen LogP contribution in [0.3, 0.4) is 0 Å². The normalized spacial score (nSPS) is 42.2. The Balaban J connectivity index is 1.86. The van der Waals surface area contributed by atoms with E-state index in [4.69, 9.17) is 4.74 Å². The lowest BCUT2D eigenvalue weighted by atomic mass is 9.54. The minimum atomic E-state index is -0.246. The van der Waals surface area contributed by atoms with Gasteiger partial charge in [0.15, 0.2) is 0 Å².